The molecule has 0 fully saturated rings. The average Bonchev–Trinajstić information content (AvgIpc) is 2.84. The number of aryl methyl sites for hydroxylation is 1. The summed E-state index contributed by atoms with van der Waals surface area (Å²) in [7, 11) is 1.21. The molecule has 2 aromatic rings. The molecule has 0 saturated heterocycles. The second kappa shape index (κ2) is 6.81. The van der Waals surface area contributed by atoms with Crippen molar-refractivity contribution in [2.75, 3.05) is 0 Å². The summed E-state index contributed by atoms with van der Waals surface area (Å²) in [5.41, 5.74) is -1.72. The van der Waals surface area contributed by atoms with Crippen molar-refractivity contribution in [2.45, 2.75) is 6.18 Å². The molecule has 0 radical (unpaired) electrons. The van der Waals surface area contributed by atoms with Crippen LogP contribution in [-0.2, 0) is 13.2 Å². The van der Waals surface area contributed by atoms with Gasteiger partial charge in [0.15, 0.2) is 5.69 Å². The number of hydrogen-bond donors (Lipinski definition) is 1. The van der Waals surface area contributed by atoms with Crippen molar-refractivity contribution in [3.8, 4) is 6.07 Å². The lowest BCUT2D eigenvalue weighted by atomic mass is 10.1. The topological polar surface area (TPSA) is 61.8 Å². The standard InChI is InChI=1S/C16H11ClF3N3O/c1-23-15(17)12(14(22-23)16(18,19)20)13(24)11(9-21)8-7-10-5-3-2-4-6-10/h2-8,24H,1H3. The number of benzene rings is 1. The molecule has 24 heavy (non-hydrogen) atoms. The van der Waals surface area contributed by atoms with Crippen molar-refractivity contribution in [1.82, 2.24) is 9.78 Å². The highest BCUT2D eigenvalue weighted by molar-refractivity contribution is 6.31. The normalized spacial score (nSPS) is 13.0. The molecule has 0 spiro atoms. The van der Waals surface area contributed by atoms with Crippen molar-refractivity contribution in [3.63, 3.8) is 0 Å². The number of hydrogen-bond acceptors (Lipinski definition) is 3. The molecule has 124 valence electrons. The summed E-state index contributed by atoms with van der Waals surface area (Å²) >= 11 is 5.81. The Balaban J connectivity index is 2.56. The zero-order valence-electron chi connectivity index (χ0n) is 12.3. The predicted octanol–water partition coefficient (Wildman–Crippen LogP) is 4.60. The first-order chi connectivity index (χ1) is 11.3. The van der Waals surface area contributed by atoms with Crippen LogP contribution in [0.15, 0.2) is 42.0 Å². The van der Waals surface area contributed by atoms with Crippen LogP contribution in [0.1, 0.15) is 16.8 Å². The summed E-state index contributed by atoms with van der Waals surface area (Å²) in [6.45, 7) is 0. The zero-order chi connectivity index (χ0) is 17.9. The van der Waals surface area contributed by atoms with Crippen LogP contribution in [0.5, 0.6) is 0 Å². The second-order valence-corrected chi connectivity index (χ2v) is 5.11. The Bertz CT molecular complexity index is 846. The summed E-state index contributed by atoms with van der Waals surface area (Å²) in [5, 5.41) is 22.2. The third kappa shape index (κ3) is 3.60. The summed E-state index contributed by atoms with van der Waals surface area (Å²) in [4.78, 5) is 0. The van der Waals surface area contributed by atoms with Crippen molar-refractivity contribution < 1.29 is 18.3 Å². The molecule has 0 atom stereocenters. The molecule has 0 unspecified atom stereocenters. The number of nitriles is 1. The summed E-state index contributed by atoms with van der Waals surface area (Å²) in [5.74, 6) is -0.880. The van der Waals surface area contributed by atoms with Crippen LogP contribution in [0, 0.1) is 11.3 Å². The molecule has 8 heteroatoms. The molecule has 0 aliphatic heterocycles. The van der Waals surface area contributed by atoms with E-state index in [9.17, 15) is 18.3 Å². The maximum atomic E-state index is 13.1. The average molecular weight is 354 g/mol. The van der Waals surface area contributed by atoms with Gasteiger partial charge in [0.25, 0.3) is 0 Å². The summed E-state index contributed by atoms with van der Waals surface area (Å²) in [6.07, 6.45) is -2.11. The second-order valence-electron chi connectivity index (χ2n) is 4.75. The zero-order valence-corrected chi connectivity index (χ0v) is 13.1. The van der Waals surface area contributed by atoms with Gasteiger partial charge in [-0.1, -0.05) is 48.0 Å². The first-order valence-corrected chi connectivity index (χ1v) is 7.00. The van der Waals surface area contributed by atoms with E-state index in [0.717, 1.165) is 4.68 Å². The van der Waals surface area contributed by atoms with E-state index < -0.39 is 28.3 Å². The molecular formula is C16H11ClF3N3O. The Kier molecular flexibility index (Phi) is 5.00. The molecule has 1 aromatic carbocycles. The first kappa shape index (κ1) is 17.6. The smallest absolute Gasteiger partial charge is 0.435 e. The van der Waals surface area contributed by atoms with E-state index in [0.29, 0.717) is 5.56 Å². The van der Waals surface area contributed by atoms with Gasteiger partial charge in [-0.15, -0.1) is 0 Å². The van der Waals surface area contributed by atoms with E-state index in [4.69, 9.17) is 16.9 Å². The lowest BCUT2D eigenvalue weighted by Gasteiger charge is -2.06. The van der Waals surface area contributed by atoms with E-state index in [1.165, 1.54) is 19.2 Å². The maximum absolute atomic E-state index is 13.1. The maximum Gasteiger partial charge on any atom is 0.435 e. The van der Waals surface area contributed by atoms with E-state index in [1.807, 2.05) is 0 Å². The molecule has 0 bridgehead atoms. The Hall–Kier alpha value is -2.72. The lowest BCUT2D eigenvalue weighted by molar-refractivity contribution is -0.141. The molecule has 1 aromatic heterocycles. The van der Waals surface area contributed by atoms with E-state index in [1.54, 1.807) is 36.4 Å². The minimum absolute atomic E-state index is 0.362. The van der Waals surface area contributed by atoms with Crippen LogP contribution in [0.2, 0.25) is 5.15 Å². The van der Waals surface area contributed by atoms with E-state index >= 15 is 0 Å². The molecular weight excluding hydrogens is 343 g/mol. The molecule has 1 N–H and O–H groups in total. The Labute approximate surface area is 140 Å². The highest BCUT2D eigenvalue weighted by Crippen LogP contribution is 2.38. The fourth-order valence-electron chi connectivity index (χ4n) is 1.96. The van der Waals surface area contributed by atoms with Crippen LogP contribution in [0.4, 0.5) is 13.2 Å². The van der Waals surface area contributed by atoms with Gasteiger partial charge in [-0.2, -0.15) is 23.5 Å². The molecule has 4 nitrogen and oxygen atoms in total. The molecule has 0 saturated carbocycles. The van der Waals surface area contributed by atoms with E-state index in [-0.39, 0.29) is 5.57 Å². The van der Waals surface area contributed by atoms with Gasteiger partial charge < -0.3 is 5.11 Å². The van der Waals surface area contributed by atoms with Crippen LogP contribution in [0.25, 0.3) is 11.8 Å². The van der Waals surface area contributed by atoms with Gasteiger partial charge in [-0.3, -0.25) is 4.68 Å². The number of allylic oxidation sites excluding steroid dienone is 2. The Morgan fingerprint density at radius 3 is 2.50 bits per heavy atom. The van der Waals surface area contributed by atoms with Crippen molar-refractivity contribution in [1.29, 1.82) is 5.26 Å². The quantitative estimate of drug-likeness (QED) is 0.498. The number of aliphatic hydroxyl groups is 1. The first-order valence-electron chi connectivity index (χ1n) is 6.62. The summed E-state index contributed by atoms with van der Waals surface area (Å²) < 4.78 is 39.9. The summed E-state index contributed by atoms with van der Waals surface area (Å²) in [6, 6.07) is 10.4. The van der Waals surface area contributed by atoms with Gasteiger partial charge in [-0.05, 0) is 11.6 Å². The van der Waals surface area contributed by atoms with Gasteiger partial charge in [0.2, 0.25) is 0 Å². The number of alkyl halides is 3. The minimum Gasteiger partial charge on any atom is -0.506 e. The van der Waals surface area contributed by atoms with Crippen LogP contribution >= 0.6 is 11.6 Å². The monoisotopic (exact) mass is 353 g/mol. The highest BCUT2D eigenvalue weighted by atomic mass is 35.5. The molecule has 0 aliphatic rings. The fourth-order valence-corrected chi connectivity index (χ4v) is 2.18. The number of aromatic nitrogens is 2. The van der Waals surface area contributed by atoms with Crippen molar-refractivity contribution in [2.24, 2.45) is 7.05 Å². The Morgan fingerprint density at radius 2 is 1.96 bits per heavy atom. The third-order valence-corrected chi connectivity index (χ3v) is 3.53. The van der Waals surface area contributed by atoms with Crippen LogP contribution in [0.3, 0.4) is 0 Å². The highest BCUT2D eigenvalue weighted by Gasteiger charge is 2.40. The minimum atomic E-state index is -4.82. The molecule has 0 aliphatic carbocycles. The van der Waals surface area contributed by atoms with Crippen molar-refractivity contribution in [3.05, 3.63) is 64.0 Å². The van der Waals surface area contributed by atoms with Crippen molar-refractivity contribution >= 4 is 23.4 Å². The number of halogens is 4. The Morgan fingerprint density at radius 1 is 1.33 bits per heavy atom. The predicted molar refractivity (Wildman–Crippen MR) is 83.9 cm³/mol. The van der Waals surface area contributed by atoms with Gasteiger partial charge in [0.05, 0.1) is 11.1 Å². The van der Waals surface area contributed by atoms with Gasteiger partial charge in [-0.25, -0.2) is 0 Å². The van der Waals surface area contributed by atoms with Crippen LogP contribution < -0.4 is 0 Å². The largest absolute Gasteiger partial charge is 0.506 e. The molecule has 1 heterocycles. The van der Waals surface area contributed by atoms with E-state index in [2.05, 4.69) is 5.10 Å². The van der Waals surface area contributed by atoms with Gasteiger partial charge in [0, 0.05) is 7.05 Å². The lowest BCUT2D eigenvalue weighted by Crippen LogP contribution is -2.09. The SMILES string of the molecule is Cn1nc(C(F)(F)F)c(C(O)=C(C#N)C=Cc2ccccc2)c1Cl. The number of nitrogens with zero attached hydrogens (tertiary/aromatic N) is 3. The van der Waals surface area contributed by atoms with Crippen LogP contribution in [-0.4, -0.2) is 14.9 Å². The fraction of sp³-hybridized carbons (Fsp3) is 0.125. The molecule has 0 amide bonds. The van der Waals surface area contributed by atoms with Gasteiger partial charge >= 0.3 is 6.18 Å². The number of rotatable bonds is 3. The third-order valence-electron chi connectivity index (χ3n) is 3.10. The van der Waals surface area contributed by atoms with Gasteiger partial charge in [0.1, 0.15) is 17.0 Å². The molecule has 2 rings (SSSR count). The number of aliphatic hydroxyl groups excluding tert-OH is 1.